The van der Waals surface area contributed by atoms with Gasteiger partial charge in [0.2, 0.25) is 0 Å². The number of hydrogen-bond acceptors (Lipinski definition) is 3. The monoisotopic (exact) mass is 686 g/mol. The minimum atomic E-state index is -4.02. The summed E-state index contributed by atoms with van der Waals surface area (Å²) in [5.74, 6) is 0. The number of rotatable bonds is 7. The van der Waals surface area contributed by atoms with Crippen molar-refractivity contribution in [3.05, 3.63) is 199 Å². The summed E-state index contributed by atoms with van der Waals surface area (Å²) in [6.07, 6.45) is 0. The van der Waals surface area contributed by atoms with Gasteiger partial charge in [-0.05, 0) is 99.1 Å². The standard InChI is InChI=1S/C46H31N4OP/c47-32-45-46(33-48)50(43-25-11-4-12-26-43)52(51,49(45)42-23-9-3-10-24-42)44-30-40(38-21-13-19-36(27-38)34-15-5-1-6-16-34)29-41(31-44)39-22-14-20-37(28-39)35-17-7-2-8-18-35/h1-31H. The van der Waals surface area contributed by atoms with Crippen molar-refractivity contribution < 1.29 is 4.57 Å². The number of para-hydroxylation sites is 2. The van der Waals surface area contributed by atoms with E-state index in [1.54, 1.807) is 9.34 Å². The summed E-state index contributed by atoms with van der Waals surface area (Å²) in [4.78, 5) is 0. The van der Waals surface area contributed by atoms with Crippen LogP contribution >= 0.6 is 7.44 Å². The van der Waals surface area contributed by atoms with E-state index in [0.717, 1.165) is 44.5 Å². The number of anilines is 2. The maximum Gasteiger partial charge on any atom is 0.302 e. The number of nitrogens with zero attached hydrogens (tertiary/aromatic N) is 4. The Morgan fingerprint density at radius 3 is 1.04 bits per heavy atom. The van der Waals surface area contributed by atoms with Gasteiger partial charge in [-0.25, -0.2) is 0 Å². The highest BCUT2D eigenvalue weighted by Crippen LogP contribution is 2.64. The number of nitriles is 2. The van der Waals surface area contributed by atoms with E-state index in [1.807, 2.05) is 121 Å². The lowest BCUT2D eigenvalue weighted by molar-refractivity contribution is 0.581. The normalized spacial score (nSPS) is 13.4. The Balaban J connectivity index is 1.41. The molecule has 0 atom stereocenters. The van der Waals surface area contributed by atoms with Crippen LogP contribution in [0.5, 0.6) is 0 Å². The SMILES string of the molecule is N#CC1=C(C#N)N(c2ccccc2)P(=O)(c2cc(-c3cccc(-c4ccccc4)c3)cc(-c3cccc(-c4ccccc4)c3)c2)N1c1ccccc1. The Kier molecular flexibility index (Phi) is 8.56. The van der Waals surface area contributed by atoms with E-state index in [9.17, 15) is 10.5 Å². The maximum atomic E-state index is 16.5. The van der Waals surface area contributed by atoms with Gasteiger partial charge in [-0.2, -0.15) is 10.5 Å². The van der Waals surface area contributed by atoms with E-state index in [2.05, 4.69) is 78.9 Å². The highest BCUT2D eigenvalue weighted by molar-refractivity contribution is 7.75. The van der Waals surface area contributed by atoms with Crippen LogP contribution in [0.4, 0.5) is 11.4 Å². The third-order valence-electron chi connectivity index (χ3n) is 9.26. The molecule has 1 aliphatic rings. The molecule has 1 heterocycles. The lowest BCUT2D eigenvalue weighted by Crippen LogP contribution is -2.29. The van der Waals surface area contributed by atoms with Crippen molar-refractivity contribution in [1.29, 1.82) is 10.5 Å². The van der Waals surface area contributed by atoms with E-state index in [1.165, 1.54) is 0 Å². The highest BCUT2D eigenvalue weighted by Gasteiger charge is 2.51. The molecule has 0 unspecified atom stereocenters. The Hall–Kier alpha value is -6.91. The van der Waals surface area contributed by atoms with Gasteiger partial charge in [0.15, 0.2) is 11.4 Å². The second kappa shape index (κ2) is 13.8. The summed E-state index contributed by atoms with van der Waals surface area (Å²) in [5.41, 5.74) is 9.07. The molecule has 0 saturated carbocycles. The number of benzene rings is 7. The molecule has 7 aromatic carbocycles. The first-order valence-corrected chi connectivity index (χ1v) is 18.5. The topological polar surface area (TPSA) is 71.1 Å². The molecule has 5 nitrogen and oxygen atoms in total. The van der Waals surface area contributed by atoms with E-state index in [0.29, 0.717) is 16.7 Å². The zero-order chi connectivity index (χ0) is 35.5. The van der Waals surface area contributed by atoms with Gasteiger partial charge in [0.25, 0.3) is 0 Å². The van der Waals surface area contributed by atoms with Gasteiger partial charge in [-0.1, -0.05) is 133 Å². The molecule has 0 amide bonds. The minimum Gasteiger partial charge on any atom is -0.269 e. The molecule has 0 fully saturated rings. The van der Waals surface area contributed by atoms with E-state index in [-0.39, 0.29) is 11.4 Å². The van der Waals surface area contributed by atoms with Gasteiger partial charge in [-0.15, -0.1) is 0 Å². The molecule has 1 aliphatic heterocycles. The second-order valence-electron chi connectivity index (χ2n) is 12.4. The second-order valence-corrected chi connectivity index (χ2v) is 14.8. The molecule has 52 heavy (non-hydrogen) atoms. The molecule has 0 spiro atoms. The molecule has 0 saturated heterocycles. The smallest absolute Gasteiger partial charge is 0.269 e. The zero-order valence-electron chi connectivity index (χ0n) is 28.0. The molecule has 0 radical (unpaired) electrons. The number of hydrogen-bond donors (Lipinski definition) is 0. The summed E-state index contributed by atoms with van der Waals surface area (Å²) in [6, 6.07) is 66.0. The van der Waals surface area contributed by atoms with Gasteiger partial charge in [0, 0.05) is 0 Å². The molecule has 0 aliphatic carbocycles. The largest absolute Gasteiger partial charge is 0.302 e. The molecule has 0 aromatic heterocycles. The van der Waals surface area contributed by atoms with Crippen LogP contribution in [-0.2, 0) is 4.57 Å². The van der Waals surface area contributed by atoms with Gasteiger partial charge in [0.1, 0.15) is 12.1 Å². The van der Waals surface area contributed by atoms with Crippen molar-refractivity contribution in [2.24, 2.45) is 0 Å². The predicted molar refractivity (Wildman–Crippen MR) is 212 cm³/mol. The van der Waals surface area contributed by atoms with Crippen molar-refractivity contribution in [2.75, 3.05) is 9.34 Å². The Bertz CT molecular complexity index is 2400. The summed E-state index contributed by atoms with van der Waals surface area (Å²) in [6.45, 7) is 0. The Morgan fingerprint density at radius 1 is 0.365 bits per heavy atom. The van der Waals surface area contributed by atoms with Gasteiger partial charge >= 0.3 is 7.44 Å². The van der Waals surface area contributed by atoms with Crippen molar-refractivity contribution in [1.82, 2.24) is 0 Å². The van der Waals surface area contributed by atoms with Crippen molar-refractivity contribution in [2.45, 2.75) is 0 Å². The average Bonchev–Trinajstić information content (AvgIpc) is 3.50. The lowest BCUT2D eigenvalue weighted by atomic mass is 9.95. The van der Waals surface area contributed by atoms with Gasteiger partial charge < -0.3 is 0 Å². The quantitative estimate of drug-likeness (QED) is 0.156. The van der Waals surface area contributed by atoms with Crippen LogP contribution in [0.3, 0.4) is 0 Å². The highest BCUT2D eigenvalue weighted by atomic mass is 31.2. The van der Waals surface area contributed by atoms with Crippen molar-refractivity contribution >= 4 is 24.1 Å². The molecular formula is C46H31N4OP. The minimum absolute atomic E-state index is 0.0324. The fourth-order valence-electron chi connectivity index (χ4n) is 6.83. The lowest BCUT2D eigenvalue weighted by Gasteiger charge is -2.34. The number of allylic oxidation sites excluding steroid dienone is 2. The first kappa shape index (κ1) is 32.3. The van der Waals surface area contributed by atoms with Crippen LogP contribution in [0.1, 0.15) is 0 Å². The fourth-order valence-corrected chi connectivity index (χ4v) is 9.80. The summed E-state index contributed by atoms with van der Waals surface area (Å²) >= 11 is 0. The Morgan fingerprint density at radius 2 is 0.673 bits per heavy atom. The van der Waals surface area contributed by atoms with Crippen LogP contribution < -0.4 is 14.6 Å². The average molecular weight is 687 g/mol. The predicted octanol–water partition coefficient (Wildman–Crippen LogP) is 11.5. The van der Waals surface area contributed by atoms with Crippen molar-refractivity contribution in [3.63, 3.8) is 0 Å². The van der Waals surface area contributed by atoms with Crippen LogP contribution in [0.25, 0.3) is 44.5 Å². The first-order chi connectivity index (χ1) is 25.6. The fraction of sp³-hybridized carbons (Fsp3) is 0. The molecule has 8 rings (SSSR count). The maximum absolute atomic E-state index is 16.5. The molecular weight excluding hydrogens is 656 g/mol. The Labute approximate surface area is 303 Å². The van der Waals surface area contributed by atoms with Crippen molar-refractivity contribution in [3.8, 4) is 56.6 Å². The third kappa shape index (κ3) is 5.76. The molecule has 0 N–H and O–H groups in total. The molecule has 6 heteroatoms. The van der Waals surface area contributed by atoms with Crippen LogP contribution in [0.2, 0.25) is 0 Å². The molecule has 246 valence electrons. The third-order valence-corrected chi connectivity index (χ3v) is 12.1. The van der Waals surface area contributed by atoms with Crippen LogP contribution in [-0.4, -0.2) is 0 Å². The van der Waals surface area contributed by atoms with E-state index >= 15 is 4.57 Å². The summed E-state index contributed by atoms with van der Waals surface area (Å²) in [7, 11) is -4.02. The van der Waals surface area contributed by atoms with Gasteiger partial charge in [0.05, 0.1) is 16.7 Å². The summed E-state index contributed by atoms with van der Waals surface area (Å²) < 4.78 is 19.6. The van der Waals surface area contributed by atoms with E-state index < -0.39 is 7.44 Å². The summed E-state index contributed by atoms with van der Waals surface area (Å²) in [5, 5.41) is 21.8. The van der Waals surface area contributed by atoms with Crippen LogP contribution in [0.15, 0.2) is 199 Å². The first-order valence-electron chi connectivity index (χ1n) is 16.9. The molecule has 0 bridgehead atoms. The van der Waals surface area contributed by atoms with Gasteiger partial charge in [-0.3, -0.25) is 13.9 Å². The zero-order valence-corrected chi connectivity index (χ0v) is 28.9. The van der Waals surface area contributed by atoms with Crippen LogP contribution in [0, 0.1) is 22.7 Å². The van der Waals surface area contributed by atoms with E-state index in [4.69, 9.17) is 0 Å². The molecule has 7 aromatic rings.